The molecule has 0 aliphatic rings. The van der Waals surface area contributed by atoms with Gasteiger partial charge in [0.1, 0.15) is 5.72 Å². The summed E-state index contributed by atoms with van der Waals surface area (Å²) in [5, 5.41) is 11.1. The van der Waals surface area contributed by atoms with Gasteiger partial charge in [-0.1, -0.05) is 63.9 Å². The zero-order chi connectivity index (χ0) is 14.1. The molecule has 1 aromatic rings. The Kier molecular flexibility index (Phi) is 7.11. The van der Waals surface area contributed by atoms with E-state index in [0.29, 0.717) is 0 Å². The molecule has 0 fully saturated rings. The first-order valence-electron chi connectivity index (χ1n) is 7.72. The fourth-order valence-electron chi connectivity index (χ4n) is 2.50. The molecule has 1 atom stereocenters. The number of aliphatic hydroxyl groups is 1. The maximum absolute atomic E-state index is 11.1. The van der Waals surface area contributed by atoms with Gasteiger partial charge in [-0.15, -0.1) is 0 Å². The van der Waals surface area contributed by atoms with Crippen LogP contribution in [-0.4, -0.2) is 23.1 Å². The predicted molar refractivity (Wildman–Crippen MR) is 82.0 cm³/mol. The van der Waals surface area contributed by atoms with Gasteiger partial charge in [0.25, 0.3) is 0 Å². The quantitative estimate of drug-likeness (QED) is 0.677. The molecular weight excluding hydrogens is 234 g/mol. The van der Waals surface area contributed by atoms with Crippen LogP contribution in [0.15, 0.2) is 30.3 Å². The molecular formula is C17H29NO. The molecule has 2 heteroatoms. The van der Waals surface area contributed by atoms with Crippen LogP contribution in [0.4, 0.5) is 0 Å². The Balaban J connectivity index is 2.92. The highest BCUT2D eigenvalue weighted by Crippen LogP contribution is 2.29. The molecule has 0 radical (unpaired) electrons. The van der Waals surface area contributed by atoms with Gasteiger partial charge in [0.2, 0.25) is 0 Å². The van der Waals surface area contributed by atoms with Gasteiger partial charge in [0, 0.05) is 13.1 Å². The summed E-state index contributed by atoms with van der Waals surface area (Å²) in [6, 6.07) is 10.1. The molecule has 108 valence electrons. The molecule has 0 saturated carbocycles. The number of hydrogen-bond acceptors (Lipinski definition) is 2. The second-order valence-electron chi connectivity index (χ2n) is 5.23. The molecule has 0 spiro atoms. The third kappa shape index (κ3) is 4.32. The molecule has 1 aromatic carbocycles. The van der Waals surface area contributed by atoms with Gasteiger partial charge in [0.15, 0.2) is 0 Å². The van der Waals surface area contributed by atoms with E-state index >= 15 is 0 Å². The zero-order valence-electron chi connectivity index (χ0n) is 12.7. The standard InChI is InChI=1S/C17H29NO/c1-4-7-14-18(15-8-5-2)17(19,6-3)16-12-10-9-11-13-16/h9-13,19H,4-8,14-15H2,1-3H3/t17-/m1/s1. The fourth-order valence-corrected chi connectivity index (χ4v) is 2.50. The van der Waals surface area contributed by atoms with Crippen LogP contribution in [-0.2, 0) is 5.72 Å². The lowest BCUT2D eigenvalue weighted by Gasteiger charge is -2.40. The lowest BCUT2D eigenvalue weighted by molar-refractivity contribution is -0.120. The van der Waals surface area contributed by atoms with Crippen LogP contribution in [0.5, 0.6) is 0 Å². The van der Waals surface area contributed by atoms with Gasteiger partial charge >= 0.3 is 0 Å². The van der Waals surface area contributed by atoms with E-state index in [-0.39, 0.29) is 0 Å². The van der Waals surface area contributed by atoms with Gasteiger partial charge in [-0.05, 0) is 24.8 Å². The first kappa shape index (κ1) is 16.2. The molecule has 0 unspecified atom stereocenters. The van der Waals surface area contributed by atoms with Gasteiger partial charge in [0.05, 0.1) is 0 Å². The van der Waals surface area contributed by atoms with Crippen molar-refractivity contribution < 1.29 is 5.11 Å². The molecule has 1 rings (SSSR count). The fraction of sp³-hybridized carbons (Fsp3) is 0.647. The van der Waals surface area contributed by atoms with Crippen molar-refractivity contribution >= 4 is 0 Å². The second kappa shape index (κ2) is 8.34. The van der Waals surface area contributed by atoms with Crippen molar-refractivity contribution in [1.82, 2.24) is 4.90 Å². The van der Waals surface area contributed by atoms with Crippen LogP contribution in [0.2, 0.25) is 0 Å². The number of rotatable bonds is 9. The topological polar surface area (TPSA) is 23.5 Å². The van der Waals surface area contributed by atoms with E-state index in [1.54, 1.807) is 0 Å². The highest BCUT2D eigenvalue weighted by Gasteiger charge is 2.33. The largest absolute Gasteiger partial charge is 0.371 e. The molecule has 0 aromatic heterocycles. The van der Waals surface area contributed by atoms with Gasteiger partial charge in [-0.2, -0.15) is 0 Å². The maximum atomic E-state index is 11.1. The average molecular weight is 263 g/mol. The summed E-state index contributed by atoms with van der Waals surface area (Å²) >= 11 is 0. The van der Waals surface area contributed by atoms with Crippen LogP contribution in [0.3, 0.4) is 0 Å². The molecule has 0 bridgehead atoms. The van der Waals surface area contributed by atoms with E-state index in [9.17, 15) is 5.11 Å². The van der Waals surface area contributed by atoms with Crippen molar-refractivity contribution in [3.8, 4) is 0 Å². The number of unbranched alkanes of at least 4 members (excludes halogenated alkanes) is 2. The van der Waals surface area contributed by atoms with E-state index < -0.39 is 5.72 Å². The Morgan fingerprint density at radius 3 is 1.89 bits per heavy atom. The third-order valence-electron chi connectivity index (χ3n) is 3.82. The van der Waals surface area contributed by atoms with Crippen molar-refractivity contribution in [2.45, 2.75) is 58.6 Å². The van der Waals surface area contributed by atoms with Gasteiger partial charge < -0.3 is 5.11 Å². The zero-order valence-corrected chi connectivity index (χ0v) is 12.7. The third-order valence-corrected chi connectivity index (χ3v) is 3.82. The number of nitrogens with zero attached hydrogens (tertiary/aromatic N) is 1. The summed E-state index contributed by atoms with van der Waals surface area (Å²) in [7, 11) is 0. The summed E-state index contributed by atoms with van der Waals surface area (Å²) in [5.74, 6) is 0. The van der Waals surface area contributed by atoms with Crippen molar-refractivity contribution in [2.75, 3.05) is 13.1 Å². The van der Waals surface area contributed by atoms with E-state index in [1.165, 1.54) is 0 Å². The number of hydrogen-bond donors (Lipinski definition) is 1. The summed E-state index contributed by atoms with van der Waals surface area (Å²) in [6.07, 6.45) is 5.33. The summed E-state index contributed by atoms with van der Waals surface area (Å²) in [6.45, 7) is 8.40. The molecule has 2 nitrogen and oxygen atoms in total. The van der Waals surface area contributed by atoms with Gasteiger partial charge in [-0.25, -0.2) is 0 Å². The van der Waals surface area contributed by atoms with Crippen LogP contribution < -0.4 is 0 Å². The normalized spacial score (nSPS) is 14.6. The molecule has 0 aliphatic carbocycles. The van der Waals surface area contributed by atoms with Crippen LogP contribution in [0, 0.1) is 0 Å². The minimum Gasteiger partial charge on any atom is -0.371 e. The predicted octanol–water partition coefficient (Wildman–Crippen LogP) is 4.14. The Morgan fingerprint density at radius 1 is 0.947 bits per heavy atom. The molecule has 0 amide bonds. The molecule has 0 saturated heterocycles. The van der Waals surface area contributed by atoms with E-state index in [2.05, 4.69) is 25.7 Å². The maximum Gasteiger partial charge on any atom is 0.144 e. The average Bonchev–Trinajstić information content (AvgIpc) is 2.47. The molecule has 0 aliphatic heterocycles. The van der Waals surface area contributed by atoms with Crippen molar-refractivity contribution in [2.24, 2.45) is 0 Å². The molecule has 0 heterocycles. The van der Waals surface area contributed by atoms with E-state index in [0.717, 1.165) is 50.8 Å². The highest BCUT2D eigenvalue weighted by molar-refractivity contribution is 5.21. The van der Waals surface area contributed by atoms with Gasteiger partial charge in [-0.3, -0.25) is 4.90 Å². The second-order valence-corrected chi connectivity index (χ2v) is 5.23. The Bertz CT molecular complexity index is 330. The van der Waals surface area contributed by atoms with E-state index in [1.807, 2.05) is 30.3 Å². The lowest BCUT2D eigenvalue weighted by Crippen LogP contribution is -2.46. The van der Waals surface area contributed by atoms with Crippen LogP contribution >= 0.6 is 0 Å². The minimum absolute atomic E-state index is 0.727. The molecule has 1 N–H and O–H groups in total. The Hall–Kier alpha value is -0.860. The number of benzene rings is 1. The lowest BCUT2D eigenvalue weighted by atomic mass is 9.97. The first-order chi connectivity index (χ1) is 9.19. The van der Waals surface area contributed by atoms with Crippen LogP contribution in [0.25, 0.3) is 0 Å². The first-order valence-corrected chi connectivity index (χ1v) is 7.72. The Labute approximate surface area is 118 Å². The summed E-state index contributed by atoms with van der Waals surface area (Å²) < 4.78 is 0. The smallest absolute Gasteiger partial charge is 0.144 e. The SMILES string of the molecule is CCCCN(CCCC)[C@@](O)(CC)c1ccccc1. The highest BCUT2D eigenvalue weighted by atomic mass is 16.3. The van der Waals surface area contributed by atoms with Crippen molar-refractivity contribution in [3.63, 3.8) is 0 Å². The van der Waals surface area contributed by atoms with Crippen LogP contribution in [0.1, 0.15) is 58.4 Å². The minimum atomic E-state index is -0.814. The van der Waals surface area contributed by atoms with Crippen molar-refractivity contribution in [1.29, 1.82) is 0 Å². The van der Waals surface area contributed by atoms with Crippen molar-refractivity contribution in [3.05, 3.63) is 35.9 Å². The summed E-state index contributed by atoms with van der Waals surface area (Å²) in [4.78, 5) is 2.26. The molecule has 19 heavy (non-hydrogen) atoms. The summed E-state index contributed by atoms with van der Waals surface area (Å²) in [5.41, 5.74) is 0.204. The van der Waals surface area contributed by atoms with E-state index in [4.69, 9.17) is 0 Å². The Morgan fingerprint density at radius 2 is 1.47 bits per heavy atom. The monoisotopic (exact) mass is 263 g/mol.